The molecule has 3 aromatic rings. The molecule has 0 bridgehead atoms. The zero-order chi connectivity index (χ0) is 33.7. The van der Waals surface area contributed by atoms with Crippen molar-refractivity contribution in [1.29, 1.82) is 0 Å². The van der Waals surface area contributed by atoms with Crippen LogP contribution in [0, 0.1) is 6.92 Å². The summed E-state index contributed by atoms with van der Waals surface area (Å²) in [4.78, 5) is 37.0. The van der Waals surface area contributed by atoms with Crippen molar-refractivity contribution < 1.29 is 27.9 Å². The minimum Gasteiger partial charge on any atom is -0.395 e. The van der Waals surface area contributed by atoms with Crippen LogP contribution in [-0.2, 0) is 24.4 Å². The molecule has 46 heavy (non-hydrogen) atoms. The Morgan fingerprint density at radius 2 is 1.63 bits per heavy atom. The summed E-state index contributed by atoms with van der Waals surface area (Å²) in [5.74, 6) is -0.916. The summed E-state index contributed by atoms with van der Waals surface area (Å²) in [6.45, 7) is 6.72. The predicted molar refractivity (Wildman–Crippen MR) is 178 cm³/mol. The summed E-state index contributed by atoms with van der Waals surface area (Å²) in [5, 5.41) is 33.1. The van der Waals surface area contributed by atoms with Crippen LogP contribution < -0.4 is 31.7 Å². The normalized spacial score (nSPS) is 11.9. The number of carbonyl (C=O) groups excluding carboxylic acids is 3. The first-order valence-corrected chi connectivity index (χ1v) is 16.5. The van der Waals surface area contributed by atoms with Gasteiger partial charge in [0.15, 0.2) is 5.78 Å². The second-order valence-corrected chi connectivity index (χ2v) is 12.1. The third-order valence-corrected chi connectivity index (χ3v) is 7.86. The van der Waals surface area contributed by atoms with E-state index in [1.807, 2.05) is 37.3 Å². The number of nitrogens with two attached hydrogens (primary N) is 1. The van der Waals surface area contributed by atoms with E-state index in [2.05, 4.69) is 50.9 Å². The monoisotopic (exact) mass is 672 g/mol. The third kappa shape index (κ3) is 11.1. The van der Waals surface area contributed by atoms with Crippen LogP contribution in [0.4, 0.5) is 0 Å². The van der Waals surface area contributed by atoms with Gasteiger partial charge in [0.05, 0.1) is 60.0 Å². The van der Waals surface area contributed by atoms with E-state index in [0.717, 1.165) is 17.0 Å². The van der Waals surface area contributed by atoms with Crippen LogP contribution in [0.15, 0.2) is 71.8 Å². The van der Waals surface area contributed by atoms with E-state index in [0.29, 0.717) is 36.6 Å². The fourth-order valence-electron chi connectivity index (χ4n) is 4.33. The highest BCUT2D eigenvalue weighted by Crippen LogP contribution is 2.26. The molecule has 0 radical (unpaired) electrons. The summed E-state index contributed by atoms with van der Waals surface area (Å²) >= 11 is 3.88. The Morgan fingerprint density at radius 1 is 0.957 bits per heavy atom. The molecule has 0 saturated heterocycles. The highest BCUT2D eigenvalue weighted by atomic mass is 32.2. The maximum atomic E-state index is 13.3. The van der Waals surface area contributed by atoms with E-state index in [-0.39, 0.29) is 48.6 Å². The van der Waals surface area contributed by atoms with E-state index in [9.17, 15) is 22.8 Å². The molecular formula is C30H40N8O6S2. The summed E-state index contributed by atoms with van der Waals surface area (Å²) in [6, 6.07) is 14.6. The lowest BCUT2D eigenvalue weighted by molar-refractivity contribution is -0.125. The SMILES string of the molecule is C=C(CNC(=O)CS)NCC(=O)NCC(=O)C(NCCNCCO)c1ccc(-c2cc(C)nn2-c2ccc(S(N)(=O)=O)cc2)cc1. The molecule has 1 unspecified atom stereocenters. The molecule has 3 rings (SSSR count). The van der Waals surface area contributed by atoms with Crippen LogP contribution in [0.5, 0.6) is 0 Å². The highest BCUT2D eigenvalue weighted by molar-refractivity contribution is 7.89. The Kier molecular flexibility index (Phi) is 13.9. The molecule has 1 heterocycles. The minimum atomic E-state index is -3.83. The van der Waals surface area contributed by atoms with Crippen LogP contribution in [0.1, 0.15) is 17.3 Å². The van der Waals surface area contributed by atoms with Crippen molar-refractivity contribution >= 4 is 40.2 Å². The minimum absolute atomic E-state index is 0.00591. The Bertz CT molecular complexity index is 1610. The number of rotatable bonds is 19. The maximum Gasteiger partial charge on any atom is 0.239 e. The van der Waals surface area contributed by atoms with Gasteiger partial charge in [-0.2, -0.15) is 17.7 Å². The number of aliphatic hydroxyl groups excluding tert-OH is 1. The topological polar surface area (TPSA) is 210 Å². The summed E-state index contributed by atoms with van der Waals surface area (Å²) < 4.78 is 25.0. The van der Waals surface area contributed by atoms with Crippen LogP contribution >= 0.6 is 12.6 Å². The van der Waals surface area contributed by atoms with Gasteiger partial charge in [0, 0.05) is 30.9 Å². The molecule has 248 valence electrons. The first-order valence-electron chi connectivity index (χ1n) is 14.4. The van der Waals surface area contributed by atoms with Crippen molar-refractivity contribution in [2.75, 3.05) is 51.6 Å². The van der Waals surface area contributed by atoms with E-state index in [1.54, 1.807) is 16.8 Å². The van der Waals surface area contributed by atoms with Gasteiger partial charge >= 0.3 is 0 Å². The van der Waals surface area contributed by atoms with Gasteiger partial charge in [0.25, 0.3) is 0 Å². The fraction of sp³-hybridized carbons (Fsp3) is 0.333. The van der Waals surface area contributed by atoms with Crippen LogP contribution in [0.3, 0.4) is 0 Å². The number of ketones is 1. The molecule has 14 nitrogen and oxygen atoms in total. The Morgan fingerprint density at radius 3 is 2.26 bits per heavy atom. The average molecular weight is 673 g/mol. The number of aryl methyl sites for hydroxylation is 1. The Hall–Kier alpha value is -4.06. The first kappa shape index (κ1) is 36.4. The molecule has 0 aliphatic rings. The number of nitrogens with one attached hydrogen (secondary N) is 5. The summed E-state index contributed by atoms with van der Waals surface area (Å²) in [5.41, 5.74) is 4.06. The lowest BCUT2D eigenvalue weighted by Gasteiger charge is -2.19. The lowest BCUT2D eigenvalue weighted by Crippen LogP contribution is -2.42. The van der Waals surface area contributed by atoms with Crippen molar-refractivity contribution in [2.45, 2.75) is 17.9 Å². The molecule has 8 N–H and O–H groups in total. The molecule has 2 amide bonds. The predicted octanol–water partition coefficient (Wildman–Crippen LogP) is -0.458. The maximum absolute atomic E-state index is 13.3. The molecule has 16 heteroatoms. The largest absolute Gasteiger partial charge is 0.395 e. The van der Waals surface area contributed by atoms with Gasteiger partial charge in [-0.3, -0.25) is 14.4 Å². The van der Waals surface area contributed by atoms with Crippen LogP contribution in [-0.4, -0.2) is 92.5 Å². The molecule has 0 aliphatic carbocycles. The number of aliphatic hydroxyl groups is 1. The molecule has 0 spiro atoms. The molecule has 0 fully saturated rings. The lowest BCUT2D eigenvalue weighted by atomic mass is 9.99. The fourth-order valence-corrected chi connectivity index (χ4v) is 4.96. The quantitative estimate of drug-likeness (QED) is 0.0607. The molecule has 1 atom stereocenters. The van der Waals surface area contributed by atoms with Gasteiger partial charge < -0.3 is 31.7 Å². The van der Waals surface area contributed by atoms with Crippen molar-refractivity contribution in [3.05, 3.63) is 78.1 Å². The molecule has 2 aromatic carbocycles. The van der Waals surface area contributed by atoms with Crippen molar-refractivity contribution in [1.82, 2.24) is 36.4 Å². The van der Waals surface area contributed by atoms with Crippen LogP contribution in [0.25, 0.3) is 16.9 Å². The first-order chi connectivity index (χ1) is 21.9. The Balaban J connectivity index is 1.72. The summed E-state index contributed by atoms with van der Waals surface area (Å²) in [6.07, 6.45) is 0. The number of hydrogen-bond donors (Lipinski definition) is 8. The van der Waals surface area contributed by atoms with E-state index in [4.69, 9.17) is 10.2 Å². The number of amides is 2. The number of primary sulfonamides is 1. The second-order valence-electron chi connectivity index (χ2n) is 10.2. The smallest absolute Gasteiger partial charge is 0.239 e. The highest BCUT2D eigenvalue weighted by Gasteiger charge is 2.21. The van der Waals surface area contributed by atoms with Gasteiger partial charge in [0.2, 0.25) is 21.8 Å². The van der Waals surface area contributed by atoms with Crippen molar-refractivity contribution in [3.8, 4) is 16.9 Å². The van der Waals surface area contributed by atoms with Crippen molar-refractivity contribution in [2.24, 2.45) is 5.14 Å². The molecule has 0 saturated carbocycles. The van der Waals surface area contributed by atoms with E-state index in [1.165, 1.54) is 12.1 Å². The number of nitrogens with zero attached hydrogens (tertiary/aromatic N) is 2. The van der Waals surface area contributed by atoms with E-state index >= 15 is 0 Å². The number of carbonyl (C=O) groups is 3. The molecule has 0 aliphatic heterocycles. The summed E-state index contributed by atoms with van der Waals surface area (Å²) in [7, 11) is -3.83. The number of benzene rings is 2. The van der Waals surface area contributed by atoms with Gasteiger partial charge in [-0.1, -0.05) is 30.8 Å². The number of Topliss-reactive ketones (excluding diaryl/α,β-unsaturated/α-hetero) is 1. The standard InChI is InChI=1S/C30H40N8O6S2/c1-20-15-26(38(37-20)24-7-9-25(10-8-24)46(31,43)44)22-3-5-23(6-4-22)30(33-12-11-32-13-14-39)27(40)17-36-28(41)18-34-21(2)16-35-29(42)19-45/h3-10,15,30,32-34,39,45H,2,11-14,16-19H2,1H3,(H,35,42)(H,36,41)(H2,31,43,44). The van der Waals surface area contributed by atoms with Gasteiger partial charge in [-0.15, -0.1) is 0 Å². The number of aromatic nitrogens is 2. The van der Waals surface area contributed by atoms with Crippen LogP contribution in [0.2, 0.25) is 0 Å². The second kappa shape index (κ2) is 17.6. The zero-order valence-electron chi connectivity index (χ0n) is 25.5. The van der Waals surface area contributed by atoms with Gasteiger partial charge in [-0.25, -0.2) is 18.2 Å². The number of thiol groups is 1. The molecule has 1 aromatic heterocycles. The van der Waals surface area contributed by atoms with Gasteiger partial charge in [0.1, 0.15) is 0 Å². The number of hydrogen-bond acceptors (Lipinski definition) is 11. The van der Waals surface area contributed by atoms with Crippen molar-refractivity contribution in [3.63, 3.8) is 0 Å². The van der Waals surface area contributed by atoms with E-state index < -0.39 is 22.0 Å². The average Bonchev–Trinajstić information content (AvgIpc) is 3.44. The third-order valence-electron chi connectivity index (χ3n) is 6.64. The Labute approximate surface area is 273 Å². The zero-order valence-corrected chi connectivity index (χ0v) is 27.2. The molecular weight excluding hydrogens is 633 g/mol. The number of sulfonamides is 1. The van der Waals surface area contributed by atoms with Gasteiger partial charge in [-0.05, 0) is 42.8 Å².